The number of nitrogens with one attached hydrogen (secondary N) is 1. The summed E-state index contributed by atoms with van der Waals surface area (Å²) < 4.78 is 25.0. The van der Waals surface area contributed by atoms with Crippen LogP contribution in [0.2, 0.25) is 0 Å². The monoisotopic (exact) mass is 504 g/mol. The Morgan fingerprint density at radius 2 is 1.92 bits per heavy atom. The molecule has 2 aliphatic heterocycles. The maximum absolute atomic E-state index is 11.6. The number of aliphatic imine (C=N–C) groups is 1. The molecule has 148 valence electrons. The summed E-state index contributed by atoms with van der Waals surface area (Å²) in [6.07, 6.45) is 3.10. The van der Waals surface area contributed by atoms with Crippen molar-refractivity contribution in [3.05, 3.63) is 0 Å². The molecule has 0 unspecified atom stereocenters. The highest BCUT2D eigenvalue weighted by molar-refractivity contribution is 14.0. The third kappa shape index (κ3) is 7.42. The van der Waals surface area contributed by atoms with Gasteiger partial charge < -0.3 is 10.2 Å². The quantitative estimate of drug-likeness (QED) is 0.361. The number of rotatable bonds is 4. The van der Waals surface area contributed by atoms with E-state index in [9.17, 15) is 8.42 Å². The molecule has 6 nitrogen and oxygen atoms in total. The molecule has 0 atom stereocenters. The smallest absolute Gasteiger partial charge is 0.211 e. The van der Waals surface area contributed by atoms with Crippen LogP contribution in [0, 0.1) is 5.92 Å². The van der Waals surface area contributed by atoms with E-state index in [1.807, 2.05) is 11.8 Å². The second-order valence-electron chi connectivity index (χ2n) is 7.33. The summed E-state index contributed by atoms with van der Waals surface area (Å²) in [6, 6.07) is 0. The number of nitrogens with zero attached hydrogens (tertiary/aromatic N) is 3. The van der Waals surface area contributed by atoms with Crippen molar-refractivity contribution in [2.75, 3.05) is 51.3 Å². The van der Waals surface area contributed by atoms with E-state index in [0.29, 0.717) is 19.0 Å². The lowest BCUT2D eigenvalue weighted by atomic mass is 9.98. The van der Waals surface area contributed by atoms with E-state index >= 15 is 0 Å². The number of halogens is 1. The minimum atomic E-state index is -3.04. The van der Waals surface area contributed by atoms with Crippen molar-refractivity contribution in [3.63, 3.8) is 0 Å². The fourth-order valence-corrected chi connectivity index (χ4v) is 5.25. The first kappa shape index (κ1) is 23.3. The average Bonchev–Trinajstić information content (AvgIpc) is 2.50. The van der Waals surface area contributed by atoms with Crippen LogP contribution in [0.25, 0.3) is 0 Å². The topological polar surface area (TPSA) is 65.0 Å². The summed E-state index contributed by atoms with van der Waals surface area (Å²) in [5.74, 6) is 2.62. The molecule has 0 amide bonds. The van der Waals surface area contributed by atoms with Crippen LogP contribution in [0.15, 0.2) is 4.99 Å². The number of sulfonamides is 1. The molecule has 0 aromatic rings. The van der Waals surface area contributed by atoms with Gasteiger partial charge in [0, 0.05) is 49.8 Å². The number of thioether (sulfide) groups is 1. The number of hydrogen-bond acceptors (Lipinski definition) is 4. The van der Waals surface area contributed by atoms with Gasteiger partial charge >= 0.3 is 0 Å². The van der Waals surface area contributed by atoms with Crippen LogP contribution in [0.5, 0.6) is 0 Å². The molecule has 9 heteroatoms. The van der Waals surface area contributed by atoms with E-state index in [1.165, 1.54) is 6.26 Å². The van der Waals surface area contributed by atoms with Crippen LogP contribution in [-0.2, 0) is 10.0 Å². The van der Waals surface area contributed by atoms with Gasteiger partial charge in [0.1, 0.15) is 0 Å². The van der Waals surface area contributed by atoms with Gasteiger partial charge in [-0.2, -0.15) is 11.8 Å². The largest absolute Gasteiger partial charge is 0.357 e. The first-order valence-corrected chi connectivity index (χ1v) is 11.7. The van der Waals surface area contributed by atoms with Crippen molar-refractivity contribution in [2.45, 2.75) is 38.4 Å². The molecular weight excluding hydrogens is 471 g/mol. The highest BCUT2D eigenvalue weighted by Crippen LogP contribution is 2.29. The predicted molar refractivity (Wildman–Crippen MR) is 119 cm³/mol. The Bertz CT molecular complexity index is 546. The summed E-state index contributed by atoms with van der Waals surface area (Å²) in [5.41, 5.74) is 0. The molecule has 2 fully saturated rings. The van der Waals surface area contributed by atoms with Crippen molar-refractivity contribution < 1.29 is 8.42 Å². The number of hydrogen-bond donors (Lipinski definition) is 1. The molecular formula is C16H33IN4O2S2. The molecule has 2 heterocycles. The molecule has 2 rings (SSSR count). The van der Waals surface area contributed by atoms with Gasteiger partial charge in [0.15, 0.2) is 5.96 Å². The van der Waals surface area contributed by atoms with E-state index in [-0.39, 0.29) is 28.7 Å². The van der Waals surface area contributed by atoms with Gasteiger partial charge in [0.05, 0.1) is 6.26 Å². The lowest BCUT2D eigenvalue weighted by Gasteiger charge is -2.39. The predicted octanol–water partition coefficient (Wildman–Crippen LogP) is 2.07. The molecule has 25 heavy (non-hydrogen) atoms. The Morgan fingerprint density at radius 1 is 1.28 bits per heavy atom. The van der Waals surface area contributed by atoms with E-state index in [0.717, 1.165) is 50.7 Å². The van der Waals surface area contributed by atoms with E-state index in [1.54, 1.807) is 4.31 Å². The van der Waals surface area contributed by atoms with Crippen molar-refractivity contribution in [2.24, 2.45) is 10.9 Å². The molecule has 0 bridgehead atoms. The number of piperidine rings is 1. The Hall–Kier alpha value is 0.260. The van der Waals surface area contributed by atoms with Gasteiger partial charge in [-0.3, -0.25) is 4.99 Å². The van der Waals surface area contributed by atoms with E-state index in [2.05, 4.69) is 31.0 Å². The Balaban J connectivity index is 0.00000312. The summed E-state index contributed by atoms with van der Waals surface area (Å²) >= 11 is 2.02. The zero-order valence-corrected chi connectivity index (χ0v) is 19.8. The van der Waals surface area contributed by atoms with Gasteiger partial charge in [-0.1, -0.05) is 0 Å². The van der Waals surface area contributed by atoms with Crippen molar-refractivity contribution >= 4 is 51.7 Å². The molecule has 2 saturated heterocycles. The Labute approximate surface area is 174 Å². The fraction of sp³-hybridized carbons (Fsp3) is 0.938. The SMILES string of the molecule is CCNC(=NCC1CCN(S(C)(=O)=O)CC1)N1CCSC(C)(C)C1.I. The highest BCUT2D eigenvalue weighted by atomic mass is 127. The van der Waals surface area contributed by atoms with Crippen LogP contribution in [0.3, 0.4) is 0 Å². The van der Waals surface area contributed by atoms with Crippen LogP contribution >= 0.6 is 35.7 Å². The molecule has 2 aliphatic rings. The lowest BCUT2D eigenvalue weighted by molar-refractivity contribution is 0.279. The molecule has 0 aromatic carbocycles. The summed E-state index contributed by atoms with van der Waals surface area (Å²) in [4.78, 5) is 7.23. The molecule has 0 radical (unpaired) electrons. The standard InChI is InChI=1S/C16H32N4O2S2.HI/c1-5-17-15(19-10-11-23-16(2,3)13-19)18-12-14-6-8-20(9-7-14)24(4,21)22;/h14H,5-13H2,1-4H3,(H,17,18);1H. The van der Waals surface area contributed by atoms with Crippen molar-refractivity contribution in [1.82, 2.24) is 14.5 Å². The third-order valence-corrected chi connectivity index (χ3v) is 7.20. The average molecular weight is 505 g/mol. The zero-order valence-electron chi connectivity index (χ0n) is 15.8. The van der Waals surface area contributed by atoms with Crippen molar-refractivity contribution in [1.29, 1.82) is 0 Å². The minimum absolute atomic E-state index is 0. The normalized spacial score (nSPS) is 23.2. The summed E-state index contributed by atoms with van der Waals surface area (Å²) in [5, 5.41) is 3.42. The maximum Gasteiger partial charge on any atom is 0.211 e. The Morgan fingerprint density at radius 3 is 2.44 bits per heavy atom. The molecule has 0 aliphatic carbocycles. The molecule has 1 N–H and O–H groups in total. The van der Waals surface area contributed by atoms with E-state index < -0.39 is 10.0 Å². The molecule has 0 saturated carbocycles. The Kier molecular flexibility index (Phi) is 9.30. The summed E-state index contributed by atoms with van der Waals surface area (Å²) in [6.45, 7) is 11.6. The van der Waals surface area contributed by atoms with Gasteiger partial charge in [-0.15, -0.1) is 24.0 Å². The van der Waals surface area contributed by atoms with Crippen molar-refractivity contribution in [3.8, 4) is 0 Å². The van der Waals surface area contributed by atoms with Gasteiger partial charge in [0.25, 0.3) is 0 Å². The van der Waals surface area contributed by atoms with Gasteiger partial charge in [-0.05, 0) is 39.5 Å². The van der Waals surface area contributed by atoms with Crippen LogP contribution < -0.4 is 5.32 Å². The van der Waals surface area contributed by atoms with Crippen LogP contribution in [0.1, 0.15) is 33.6 Å². The van der Waals surface area contributed by atoms with Crippen LogP contribution in [0.4, 0.5) is 0 Å². The molecule has 0 aromatic heterocycles. The summed E-state index contributed by atoms with van der Waals surface area (Å²) in [7, 11) is -3.04. The second-order valence-corrected chi connectivity index (χ2v) is 11.1. The maximum atomic E-state index is 11.6. The first-order valence-electron chi connectivity index (χ1n) is 8.83. The second kappa shape index (κ2) is 9.98. The lowest BCUT2D eigenvalue weighted by Crippen LogP contribution is -2.51. The number of guanidine groups is 1. The third-order valence-electron chi connectivity index (χ3n) is 4.60. The fourth-order valence-electron chi connectivity index (χ4n) is 3.26. The van der Waals surface area contributed by atoms with Crippen LogP contribution in [-0.4, -0.2) is 79.6 Å². The first-order chi connectivity index (χ1) is 11.2. The van der Waals surface area contributed by atoms with Gasteiger partial charge in [-0.25, -0.2) is 12.7 Å². The van der Waals surface area contributed by atoms with E-state index in [4.69, 9.17) is 4.99 Å². The minimum Gasteiger partial charge on any atom is -0.357 e. The zero-order chi connectivity index (χ0) is 17.8. The highest BCUT2D eigenvalue weighted by Gasteiger charge is 2.29. The molecule has 0 spiro atoms. The van der Waals surface area contributed by atoms with Gasteiger partial charge in [0.2, 0.25) is 10.0 Å².